The zero-order valence-corrected chi connectivity index (χ0v) is 20.1. The van der Waals surface area contributed by atoms with Crippen LogP contribution in [0.15, 0.2) is 72.8 Å². The van der Waals surface area contributed by atoms with Gasteiger partial charge in [-0.05, 0) is 42.8 Å². The number of fused-ring (bicyclic) bond motifs is 2. The lowest BCUT2D eigenvalue weighted by atomic mass is 10.2. The van der Waals surface area contributed by atoms with Gasteiger partial charge in [0.05, 0.1) is 35.9 Å². The Morgan fingerprint density at radius 3 is 2.15 bits per heavy atom. The van der Waals surface area contributed by atoms with Crippen molar-refractivity contribution in [3.63, 3.8) is 0 Å². The molecule has 0 amide bonds. The first-order valence-corrected chi connectivity index (χ1v) is 11.9. The molecule has 0 aliphatic rings. The van der Waals surface area contributed by atoms with E-state index < -0.39 is 17.0 Å². The molecule has 3 aromatic carbocycles. The van der Waals surface area contributed by atoms with E-state index in [1.807, 2.05) is 48.5 Å². The Bertz CT molecular complexity index is 1400. The second-order valence-corrected chi connectivity index (χ2v) is 9.51. The maximum Gasteiger partial charge on any atom is 0.338 e. The largest absolute Gasteiger partial charge is 0.451 e. The number of nitrogens with zero attached hydrogens (tertiary/aromatic N) is 3. The average molecular weight is 512 g/mol. The Labute approximate surface area is 208 Å². The Balaban J connectivity index is 0.00000274. The monoisotopic (exact) mass is 511 g/mol. The van der Waals surface area contributed by atoms with Gasteiger partial charge >= 0.3 is 5.97 Å². The molecular formula is C24H18ClN3O4S2. The highest BCUT2D eigenvalue weighted by Gasteiger charge is 2.23. The molecule has 172 valence electrons. The SMILES string of the molecule is Cl.O=C(OC(CCc1nc2ccccc2s1)c1nc2ccccc2s1)c1ccc([N+](=O)[O-])cc1. The highest BCUT2D eigenvalue weighted by molar-refractivity contribution is 7.19. The number of esters is 1. The van der Waals surface area contributed by atoms with E-state index in [0.717, 1.165) is 25.4 Å². The van der Waals surface area contributed by atoms with Crippen LogP contribution in [0.4, 0.5) is 5.69 Å². The summed E-state index contributed by atoms with van der Waals surface area (Å²) >= 11 is 3.12. The normalized spacial score (nSPS) is 11.8. The number of ether oxygens (including phenoxy) is 1. The number of thiazole rings is 2. The fraction of sp³-hybridized carbons (Fsp3) is 0.125. The number of benzene rings is 3. The number of carbonyl (C=O) groups excluding carboxylic acids is 1. The minimum atomic E-state index is -0.558. The molecule has 2 aromatic heterocycles. The molecule has 0 fully saturated rings. The molecule has 0 bridgehead atoms. The Hall–Kier alpha value is -3.40. The number of carbonyl (C=O) groups is 1. The number of nitro groups is 1. The van der Waals surface area contributed by atoms with Crippen molar-refractivity contribution < 1.29 is 14.5 Å². The van der Waals surface area contributed by atoms with Crippen LogP contribution in [0, 0.1) is 10.1 Å². The Morgan fingerprint density at radius 1 is 0.912 bits per heavy atom. The first-order chi connectivity index (χ1) is 16.1. The van der Waals surface area contributed by atoms with E-state index in [-0.39, 0.29) is 23.7 Å². The summed E-state index contributed by atoms with van der Waals surface area (Å²) in [5.41, 5.74) is 1.99. The molecule has 0 spiro atoms. The van der Waals surface area contributed by atoms with Gasteiger partial charge in [0.15, 0.2) is 6.10 Å². The third kappa shape index (κ3) is 5.06. The van der Waals surface area contributed by atoms with E-state index in [1.54, 1.807) is 11.3 Å². The van der Waals surface area contributed by atoms with Crippen LogP contribution in [0.2, 0.25) is 0 Å². The topological polar surface area (TPSA) is 95.2 Å². The first kappa shape index (κ1) is 23.7. The fourth-order valence-electron chi connectivity index (χ4n) is 3.46. The lowest BCUT2D eigenvalue weighted by Crippen LogP contribution is -2.12. The number of aromatic nitrogens is 2. The third-order valence-electron chi connectivity index (χ3n) is 5.11. The van der Waals surface area contributed by atoms with Crippen LogP contribution in [-0.2, 0) is 11.2 Å². The molecule has 0 N–H and O–H groups in total. The minimum Gasteiger partial charge on any atom is -0.451 e. The quantitative estimate of drug-likeness (QED) is 0.136. The van der Waals surface area contributed by atoms with Gasteiger partial charge in [-0.25, -0.2) is 14.8 Å². The number of halogens is 1. The molecule has 0 saturated heterocycles. The first-order valence-electron chi connectivity index (χ1n) is 10.2. The molecule has 0 aliphatic heterocycles. The summed E-state index contributed by atoms with van der Waals surface area (Å²) in [5.74, 6) is -0.543. The standard InChI is InChI=1S/C24H17N3O4S2.ClH/c28-24(15-9-11-16(12-10-15)27(29)30)31-19(23-26-18-6-2-4-8-21(18)33-23)13-14-22-25-17-5-1-3-7-20(17)32-22;/h1-12,19H,13-14H2;1H. The number of nitro benzene ring substituents is 1. The van der Waals surface area contributed by atoms with Gasteiger partial charge in [0.25, 0.3) is 5.69 Å². The molecule has 0 radical (unpaired) electrons. The molecule has 0 aliphatic carbocycles. The molecule has 2 heterocycles. The summed E-state index contributed by atoms with van der Waals surface area (Å²) in [7, 11) is 0. The van der Waals surface area contributed by atoms with Crippen LogP contribution in [0.5, 0.6) is 0 Å². The second kappa shape index (κ2) is 10.3. The van der Waals surface area contributed by atoms with Crippen molar-refractivity contribution in [2.24, 2.45) is 0 Å². The molecule has 7 nitrogen and oxygen atoms in total. The smallest absolute Gasteiger partial charge is 0.338 e. The van der Waals surface area contributed by atoms with E-state index in [2.05, 4.69) is 9.97 Å². The van der Waals surface area contributed by atoms with Crippen LogP contribution in [0.3, 0.4) is 0 Å². The van der Waals surface area contributed by atoms with E-state index in [0.29, 0.717) is 17.8 Å². The van der Waals surface area contributed by atoms with Crippen molar-refractivity contribution in [2.45, 2.75) is 18.9 Å². The number of rotatable bonds is 7. The molecule has 34 heavy (non-hydrogen) atoms. The van der Waals surface area contributed by atoms with Crippen molar-refractivity contribution in [3.8, 4) is 0 Å². The molecule has 10 heteroatoms. The van der Waals surface area contributed by atoms with Crippen LogP contribution in [0.1, 0.15) is 32.9 Å². The number of non-ortho nitro benzene ring substituents is 1. The summed E-state index contributed by atoms with van der Waals surface area (Å²) in [6.45, 7) is 0. The number of para-hydroxylation sites is 2. The molecular weight excluding hydrogens is 494 g/mol. The average Bonchev–Trinajstić information content (AvgIpc) is 3.45. The van der Waals surface area contributed by atoms with Crippen LogP contribution < -0.4 is 0 Å². The van der Waals surface area contributed by atoms with Gasteiger partial charge in [-0.2, -0.15) is 0 Å². The minimum absolute atomic E-state index is 0. The maximum absolute atomic E-state index is 12.8. The van der Waals surface area contributed by atoms with Gasteiger partial charge in [0.2, 0.25) is 0 Å². The summed E-state index contributed by atoms with van der Waals surface area (Å²) in [6.07, 6.45) is 0.600. The Morgan fingerprint density at radius 2 is 1.53 bits per heavy atom. The van der Waals surface area contributed by atoms with E-state index >= 15 is 0 Å². The number of aryl methyl sites for hydroxylation is 1. The maximum atomic E-state index is 12.8. The lowest BCUT2D eigenvalue weighted by Gasteiger charge is -2.15. The van der Waals surface area contributed by atoms with Gasteiger partial charge in [-0.3, -0.25) is 10.1 Å². The van der Waals surface area contributed by atoms with Crippen molar-refractivity contribution in [3.05, 3.63) is 98.5 Å². The second-order valence-electron chi connectivity index (χ2n) is 7.33. The van der Waals surface area contributed by atoms with E-state index in [4.69, 9.17) is 4.74 Å². The zero-order chi connectivity index (χ0) is 22.8. The highest BCUT2D eigenvalue weighted by Crippen LogP contribution is 2.33. The molecule has 5 aromatic rings. The Kier molecular flexibility index (Phi) is 7.16. The highest BCUT2D eigenvalue weighted by atomic mass is 35.5. The predicted octanol–water partition coefficient (Wildman–Crippen LogP) is 6.77. The molecule has 5 rings (SSSR count). The van der Waals surface area contributed by atoms with Crippen LogP contribution in [0.25, 0.3) is 20.4 Å². The third-order valence-corrected chi connectivity index (χ3v) is 7.33. The molecule has 0 saturated carbocycles. The van der Waals surface area contributed by atoms with Gasteiger partial charge in [0.1, 0.15) is 5.01 Å². The fourth-order valence-corrected chi connectivity index (χ4v) is 5.47. The summed E-state index contributed by atoms with van der Waals surface area (Å²) in [4.78, 5) is 32.6. The van der Waals surface area contributed by atoms with E-state index in [9.17, 15) is 14.9 Å². The predicted molar refractivity (Wildman–Crippen MR) is 136 cm³/mol. The summed E-state index contributed by atoms with van der Waals surface area (Å²) in [6, 6.07) is 21.2. The van der Waals surface area contributed by atoms with Crippen molar-refractivity contribution in [1.82, 2.24) is 9.97 Å². The zero-order valence-electron chi connectivity index (χ0n) is 17.6. The van der Waals surface area contributed by atoms with Crippen LogP contribution in [-0.4, -0.2) is 20.9 Å². The van der Waals surface area contributed by atoms with Gasteiger partial charge in [-0.15, -0.1) is 35.1 Å². The summed E-state index contributed by atoms with van der Waals surface area (Å²) < 4.78 is 8.00. The molecule has 1 unspecified atom stereocenters. The number of hydrogen-bond acceptors (Lipinski definition) is 8. The van der Waals surface area contributed by atoms with Gasteiger partial charge < -0.3 is 4.74 Å². The molecule has 1 atom stereocenters. The van der Waals surface area contributed by atoms with Crippen molar-refractivity contribution in [2.75, 3.05) is 0 Å². The number of hydrogen-bond donors (Lipinski definition) is 0. The van der Waals surface area contributed by atoms with Crippen LogP contribution >= 0.6 is 35.1 Å². The van der Waals surface area contributed by atoms with E-state index in [1.165, 1.54) is 35.6 Å². The van der Waals surface area contributed by atoms with Crippen molar-refractivity contribution >= 4 is 67.2 Å². The van der Waals surface area contributed by atoms with Crippen molar-refractivity contribution in [1.29, 1.82) is 0 Å². The lowest BCUT2D eigenvalue weighted by molar-refractivity contribution is -0.384. The van der Waals surface area contributed by atoms with Gasteiger partial charge in [0, 0.05) is 18.6 Å². The summed E-state index contributed by atoms with van der Waals surface area (Å²) in [5, 5.41) is 12.6. The van der Waals surface area contributed by atoms with Gasteiger partial charge in [-0.1, -0.05) is 24.3 Å².